The first kappa shape index (κ1) is 33.3. The number of fused-ring (bicyclic) bond motifs is 4. The minimum Gasteiger partial charge on any atom is -0.493 e. The summed E-state index contributed by atoms with van der Waals surface area (Å²) in [6.45, 7) is 3.46. The van der Waals surface area contributed by atoms with E-state index in [9.17, 15) is 14.4 Å². The molecule has 50 heavy (non-hydrogen) atoms. The number of hydrogen-bond acceptors (Lipinski definition) is 7. The fourth-order valence-corrected chi connectivity index (χ4v) is 8.01. The molecule has 2 unspecified atom stereocenters. The molecule has 3 aliphatic rings. The van der Waals surface area contributed by atoms with E-state index in [4.69, 9.17) is 14.2 Å². The lowest BCUT2D eigenvalue weighted by molar-refractivity contribution is 0.0690. The maximum atomic E-state index is 13.9. The summed E-state index contributed by atoms with van der Waals surface area (Å²) in [6.07, 6.45) is 3.92. The molecule has 2 saturated heterocycles. The van der Waals surface area contributed by atoms with Crippen molar-refractivity contribution in [1.82, 2.24) is 9.47 Å². The first-order chi connectivity index (χ1) is 24.3. The zero-order chi connectivity index (χ0) is 34.8. The predicted octanol–water partition coefficient (Wildman–Crippen LogP) is 5.85. The Morgan fingerprint density at radius 1 is 0.800 bits per heavy atom. The molecule has 10 heteroatoms. The van der Waals surface area contributed by atoms with Crippen LogP contribution in [0.25, 0.3) is 0 Å². The van der Waals surface area contributed by atoms with Crippen molar-refractivity contribution in [3.8, 4) is 17.2 Å². The number of pyridine rings is 1. The smallest absolute Gasteiger partial charge is 0.255 e. The fraction of sp³-hybridized carbons (Fsp3) is 0.375. The monoisotopic (exact) mass is 676 g/mol. The van der Waals surface area contributed by atoms with Crippen molar-refractivity contribution in [2.24, 2.45) is 11.8 Å². The Kier molecular flexibility index (Phi) is 9.52. The molecule has 0 spiro atoms. The third-order valence-corrected chi connectivity index (χ3v) is 10.5. The van der Waals surface area contributed by atoms with E-state index in [1.54, 1.807) is 18.2 Å². The number of likely N-dealkylation sites (tertiary alicyclic amines) is 1. The number of nitrogens with zero attached hydrogens (tertiary/aromatic N) is 3. The van der Waals surface area contributed by atoms with Gasteiger partial charge in [0.05, 0.1) is 32.7 Å². The largest absolute Gasteiger partial charge is 0.493 e. The lowest BCUT2D eigenvalue weighted by Crippen LogP contribution is -2.47. The van der Waals surface area contributed by atoms with E-state index < -0.39 is 0 Å². The number of aromatic nitrogens is 1. The molecular weight excluding hydrogens is 632 g/mol. The molecule has 10 nitrogen and oxygen atoms in total. The molecule has 2 fully saturated rings. The van der Waals surface area contributed by atoms with E-state index in [2.05, 4.69) is 34.5 Å². The third-order valence-electron chi connectivity index (χ3n) is 10.5. The number of benzene rings is 3. The average molecular weight is 677 g/mol. The Labute approximate surface area is 292 Å². The molecule has 2 bridgehead atoms. The van der Waals surface area contributed by atoms with Gasteiger partial charge in [-0.05, 0) is 79.5 Å². The molecule has 2 amide bonds. The van der Waals surface area contributed by atoms with Crippen LogP contribution < -0.4 is 30.0 Å². The Balaban J connectivity index is 1.17. The summed E-state index contributed by atoms with van der Waals surface area (Å²) < 4.78 is 18.4. The van der Waals surface area contributed by atoms with Gasteiger partial charge in [-0.15, -0.1) is 0 Å². The molecule has 260 valence electrons. The number of hydrogen-bond donors (Lipinski definition) is 1. The first-order valence-corrected chi connectivity index (χ1v) is 17.4. The van der Waals surface area contributed by atoms with Crippen molar-refractivity contribution in [1.29, 1.82) is 0 Å². The number of carbonyl (C=O) groups is 2. The van der Waals surface area contributed by atoms with Gasteiger partial charge in [-0.3, -0.25) is 14.4 Å². The topological polar surface area (TPSA) is 102 Å². The Morgan fingerprint density at radius 2 is 1.54 bits per heavy atom. The van der Waals surface area contributed by atoms with Gasteiger partial charge in [0.25, 0.3) is 17.4 Å². The van der Waals surface area contributed by atoms with Crippen LogP contribution in [0.1, 0.15) is 57.2 Å². The molecule has 3 aromatic carbocycles. The van der Waals surface area contributed by atoms with E-state index in [1.807, 2.05) is 45.9 Å². The standard InChI is InChI=1S/C40H44N4O6/c1-48-35-21-30(22-36(49-2)38(35)50-3)39(46)41-32-20-29(40(47)42-16-14-27(15-17-42)18-26-8-5-4-6-9-26)12-13-34(32)43-23-28-19-31(25-43)33-10-7-11-37(45)44(33)24-28/h4-13,20-22,27-28,31H,14-19,23-25H2,1-3H3,(H,41,46). The van der Waals surface area contributed by atoms with Gasteiger partial charge in [0, 0.05) is 61.5 Å². The van der Waals surface area contributed by atoms with Gasteiger partial charge in [0.1, 0.15) is 0 Å². The van der Waals surface area contributed by atoms with Crippen LogP contribution in [0.4, 0.5) is 11.4 Å². The summed E-state index contributed by atoms with van der Waals surface area (Å²) >= 11 is 0. The van der Waals surface area contributed by atoms with Crippen LogP contribution in [0.3, 0.4) is 0 Å². The van der Waals surface area contributed by atoms with Crippen molar-refractivity contribution in [3.63, 3.8) is 0 Å². The van der Waals surface area contributed by atoms with Crippen LogP contribution in [-0.4, -0.2) is 68.8 Å². The van der Waals surface area contributed by atoms with Gasteiger partial charge >= 0.3 is 0 Å². The number of anilines is 2. The molecule has 0 aliphatic carbocycles. The quantitative estimate of drug-likeness (QED) is 0.238. The number of ether oxygens (including phenoxy) is 3. The lowest BCUT2D eigenvalue weighted by atomic mass is 9.83. The summed E-state index contributed by atoms with van der Waals surface area (Å²) in [5.74, 6) is 1.72. The van der Waals surface area contributed by atoms with Gasteiger partial charge in [-0.25, -0.2) is 0 Å². The number of carbonyl (C=O) groups excluding carboxylic acids is 2. The third kappa shape index (κ3) is 6.66. The second-order valence-electron chi connectivity index (χ2n) is 13.6. The van der Waals surface area contributed by atoms with E-state index in [1.165, 1.54) is 26.9 Å². The second kappa shape index (κ2) is 14.3. The van der Waals surface area contributed by atoms with Crippen LogP contribution in [-0.2, 0) is 13.0 Å². The normalized spacial score (nSPS) is 18.6. The molecule has 4 aromatic rings. The Morgan fingerprint density at radius 3 is 2.24 bits per heavy atom. The molecule has 4 heterocycles. The zero-order valence-corrected chi connectivity index (χ0v) is 28.9. The molecule has 1 N–H and O–H groups in total. The maximum Gasteiger partial charge on any atom is 0.255 e. The van der Waals surface area contributed by atoms with Crippen molar-refractivity contribution >= 4 is 23.2 Å². The van der Waals surface area contributed by atoms with Gasteiger partial charge in [-0.2, -0.15) is 0 Å². The number of methoxy groups -OCH3 is 3. The average Bonchev–Trinajstić information content (AvgIpc) is 3.15. The molecule has 0 saturated carbocycles. The van der Waals surface area contributed by atoms with Crippen LogP contribution in [0.5, 0.6) is 17.2 Å². The molecule has 7 rings (SSSR count). The predicted molar refractivity (Wildman–Crippen MR) is 193 cm³/mol. The zero-order valence-electron chi connectivity index (χ0n) is 28.9. The molecular formula is C40H44N4O6. The van der Waals surface area contributed by atoms with E-state index in [0.29, 0.717) is 66.2 Å². The molecule has 1 aromatic heterocycles. The summed E-state index contributed by atoms with van der Waals surface area (Å²) in [5, 5.41) is 3.13. The van der Waals surface area contributed by atoms with Crippen LogP contribution in [0, 0.1) is 11.8 Å². The van der Waals surface area contributed by atoms with Crippen LogP contribution in [0.15, 0.2) is 83.7 Å². The highest BCUT2D eigenvalue weighted by Crippen LogP contribution is 2.41. The first-order valence-electron chi connectivity index (χ1n) is 17.4. The highest BCUT2D eigenvalue weighted by atomic mass is 16.5. The molecule has 3 aliphatic heterocycles. The lowest BCUT2D eigenvalue weighted by Gasteiger charge is -2.44. The van der Waals surface area contributed by atoms with Gasteiger partial charge < -0.3 is 33.9 Å². The van der Waals surface area contributed by atoms with E-state index in [-0.39, 0.29) is 29.2 Å². The highest BCUT2D eigenvalue weighted by Gasteiger charge is 2.36. The molecule has 0 radical (unpaired) electrons. The number of amides is 2. The van der Waals surface area contributed by atoms with Gasteiger partial charge in [0.2, 0.25) is 5.75 Å². The minimum absolute atomic E-state index is 0.0379. The summed E-state index contributed by atoms with van der Waals surface area (Å²) in [5.41, 5.74) is 4.66. The van der Waals surface area contributed by atoms with E-state index >= 15 is 0 Å². The van der Waals surface area contributed by atoms with Crippen molar-refractivity contribution in [2.75, 3.05) is 57.7 Å². The van der Waals surface area contributed by atoms with Crippen molar-refractivity contribution < 1.29 is 23.8 Å². The van der Waals surface area contributed by atoms with Crippen molar-refractivity contribution in [2.45, 2.75) is 38.1 Å². The summed E-state index contributed by atoms with van der Waals surface area (Å²) in [4.78, 5) is 44.8. The second-order valence-corrected chi connectivity index (χ2v) is 13.6. The minimum atomic E-state index is -0.370. The van der Waals surface area contributed by atoms with Gasteiger partial charge in [-0.1, -0.05) is 36.4 Å². The van der Waals surface area contributed by atoms with Crippen LogP contribution >= 0.6 is 0 Å². The summed E-state index contributed by atoms with van der Waals surface area (Å²) in [7, 11) is 4.54. The number of piperidine rings is 2. The Hall–Kier alpha value is -5.25. The number of nitrogens with one attached hydrogen (secondary N) is 1. The summed E-state index contributed by atoms with van der Waals surface area (Å²) in [6, 6.07) is 24.9. The highest BCUT2D eigenvalue weighted by molar-refractivity contribution is 6.08. The van der Waals surface area contributed by atoms with E-state index in [0.717, 1.165) is 43.6 Å². The van der Waals surface area contributed by atoms with Gasteiger partial charge in [0.15, 0.2) is 11.5 Å². The Bertz CT molecular complexity index is 1910. The fourth-order valence-electron chi connectivity index (χ4n) is 8.01. The SMILES string of the molecule is COc1cc(C(=O)Nc2cc(C(=O)N3CCC(Cc4ccccc4)CC3)ccc2N2CC3CC(C2)c2cccc(=O)n2C3)cc(OC)c1OC. The van der Waals surface area contributed by atoms with Crippen LogP contribution in [0.2, 0.25) is 0 Å². The maximum absolute atomic E-state index is 13.9. The number of rotatable bonds is 9. The van der Waals surface area contributed by atoms with Crippen molar-refractivity contribution in [3.05, 3.63) is 112 Å². The molecule has 2 atom stereocenters.